The van der Waals surface area contributed by atoms with Gasteiger partial charge in [-0.1, -0.05) is 54.6 Å². The zero-order valence-electron chi connectivity index (χ0n) is 13.1. The van der Waals surface area contributed by atoms with E-state index in [2.05, 4.69) is 0 Å². The lowest BCUT2D eigenvalue weighted by Crippen LogP contribution is -2.49. The number of hydrogen-bond donors (Lipinski definition) is 2. The Balaban J connectivity index is 1.77. The Morgan fingerprint density at radius 3 is 2.12 bits per heavy atom. The zero-order valence-corrected chi connectivity index (χ0v) is 13.1. The van der Waals surface area contributed by atoms with Crippen molar-refractivity contribution in [3.05, 3.63) is 60.2 Å². The minimum absolute atomic E-state index is 0.0616. The average molecular weight is 325 g/mol. The number of carboxylic acid groups (broad SMARTS) is 2. The molecule has 124 valence electrons. The molecule has 1 heterocycles. The molecule has 5 nitrogen and oxygen atoms in total. The van der Waals surface area contributed by atoms with Crippen molar-refractivity contribution in [2.24, 2.45) is 0 Å². The van der Waals surface area contributed by atoms with Gasteiger partial charge in [0.25, 0.3) is 0 Å². The largest absolute Gasteiger partial charge is 0.480 e. The Morgan fingerprint density at radius 2 is 1.54 bits per heavy atom. The van der Waals surface area contributed by atoms with Crippen LogP contribution < -0.4 is 0 Å². The Morgan fingerprint density at radius 1 is 0.917 bits per heavy atom. The van der Waals surface area contributed by atoms with Gasteiger partial charge >= 0.3 is 12.1 Å². The van der Waals surface area contributed by atoms with Gasteiger partial charge in [-0.25, -0.2) is 9.59 Å². The number of piperidine rings is 1. The standard InChI is InChI=1S/C19H19NO4/c21-18(22)17-12-16(10-11-20(17)19(23)24)15-8-6-14(7-9-15)13-4-2-1-3-5-13/h1-9,16-17H,10-12H2,(H,21,22)(H,23,24)/t16-,17+/m0/s1. The smallest absolute Gasteiger partial charge is 0.408 e. The molecule has 0 unspecified atom stereocenters. The quantitative estimate of drug-likeness (QED) is 0.902. The number of amides is 1. The van der Waals surface area contributed by atoms with Crippen LogP contribution in [0.3, 0.4) is 0 Å². The summed E-state index contributed by atoms with van der Waals surface area (Å²) in [5, 5.41) is 18.4. The first kappa shape index (κ1) is 16.1. The summed E-state index contributed by atoms with van der Waals surface area (Å²) in [7, 11) is 0. The summed E-state index contributed by atoms with van der Waals surface area (Å²) in [4.78, 5) is 23.6. The second kappa shape index (κ2) is 6.74. The number of nitrogens with zero attached hydrogens (tertiary/aromatic N) is 1. The topological polar surface area (TPSA) is 77.8 Å². The van der Waals surface area contributed by atoms with Crippen molar-refractivity contribution in [2.75, 3.05) is 6.54 Å². The van der Waals surface area contributed by atoms with E-state index in [-0.39, 0.29) is 12.5 Å². The molecule has 0 aromatic heterocycles. The van der Waals surface area contributed by atoms with Crippen LogP contribution >= 0.6 is 0 Å². The van der Waals surface area contributed by atoms with Crippen molar-refractivity contribution in [3.8, 4) is 11.1 Å². The number of carbonyl (C=O) groups is 2. The van der Waals surface area contributed by atoms with Gasteiger partial charge in [0.2, 0.25) is 0 Å². The molecule has 1 aliphatic heterocycles. The fourth-order valence-corrected chi connectivity index (χ4v) is 3.31. The number of benzene rings is 2. The van der Waals surface area contributed by atoms with Crippen LogP contribution in [0.5, 0.6) is 0 Å². The lowest BCUT2D eigenvalue weighted by Gasteiger charge is -2.35. The van der Waals surface area contributed by atoms with Gasteiger partial charge in [-0.15, -0.1) is 0 Å². The highest BCUT2D eigenvalue weighted by Gasteiger charge is 2.36. The normalized spacial score (nSPS) is 20.6. The zero-order chi connectivity index (χ0) is 17.1. The molecule has 3 rings (SSSR count). The molecule has 2 aromatic rings. The Kier molecular flexibility index (Phi) is 4.51. The molecular weight excluding hydrogens is 306 g/mol. The van der Waals surface area contributed by atoms with Gasteiger partial charge in [0.05, 0.1) is 0 Å². The summed E-state index contributed by atoms with van der Waals surface area (Å²) in [6.45, 7) is 0.247. The van der Waals surface area contributed by atoms with Gasteiger partial charge in [0.1, 0.15) is 6.04 Å². The second-order valence-corrected chi connectivity index (χ2v) is 6.04. The number of hydrogen-bond acceptors (Lipinski definition) is 2. The van der Waals surface area contributed by atoms with Gasteiger partial charge in [0.15, 0.2) is 0 Å². The molecule has 1 fully saturated rings. The van der Waals surface area contributed by atoms with Crippen molar-refractivity contribution in [3.63, 3.8) is 0 Å². The van der Waals surface area contributed by atoms with E-state index in [1.807, 2.05) is 54.6 Å². The van der Waals surface area contributed by atoms with Crippen molar-refractivity contribution < 1.29 is 19.8 Å². The number of carboxylic acids is 1. The van der Waals surface area contributed by atoms with E-state index in [9.17, 15) is 14.7 Å². The predicted molar refractivity (Wildman–Crippen MR) is 90.0 cm³/mol. The molecule has 1 aliphatic rings. The molecule has 0 aliphatic carbocycles. The minimum atomic E-state index is -1.17. The first-order valence-corrected chi connectivity index (χ1v) is 7.94. The molecule has 5 heteroatoms. The summed E-state index contributed by atoms with van der Waals surface area (Å²) >= 11 is 0. The highest BCUT2D eigenvalue weighted by molar-refractivity contribution is 5.79. The first-order chi connectivity index (χ1) is 11.6. The highest BCUT2D eigenvalue weighted by Crippen LogP contribution is 2.33. The van der Waals surface area contributed by atoms with E-state index in [1.165, 1.54) is 0 Å². The van der Waals surface area contributed by atoms with Crippen molar-refractivity contribution in [1.82, 2.24) is 4.90 Å². The summed E-state index contributed by atoms with van der Waals surface area (Å²) in [6.07, 6.45) is -0.215. The monoisotopic (exact) mass is 325 g/mol. The molecule has 2 atom stereocenters. The predicted octanol–water partition coefficient (Wildman–Crippen LogP) is 3.66. The lowest BCUT2D eigenvalue weighted by molar-refractivity contribution is -0.144. The van der Waals surface area contributed by atoms with Crippen LogP contribution in [-0.4, -0.2) is 39.8 Å². The molecule has 1 amide bonds. The van der Waals surface area contributed by atoms with Gasteiger partial charge in [-0.2, -0.15) is 0 Å². The van der Waals surface area contributed by atoms with Crippen LogP contribution in [0, 0.1) is 0 Å². The second-order valence-electron chi connectivity index (χ2n) is 6.04. The van der Waals surface area contributed by atoms with E-state index in [0.717, 1.165) is 21.6 Å². The number of likely N-dealkylation sites (tertiary alicyclic amines) is 1. The maximum Gasteiger partial charge on any atom is 0.408 e. The van der Waals surface area contributed by atoms with Crippen LogP contribution in [-0.2, 0) is 4.79 Å². The van der Waals surface area contributed by atoms with Crippen LogP contribution in [0.4, 0.5) is 4.79 Å². The first-order valence-electron chi connectivity index (χ1n) is 7.94. The number of rotatable bonds is 3. The van der Waals surface area contributed by atoms with E-state index in [1.54, 1.807) is 0 Å². The van der Waals surface area contributed by atoms with Gasteiger partial charge in [-0.05, 0) is 35.4 Å². The lowest BCUT2D eigenvalue weighted by atomic mass is 9.85. The summed E-state index contributed by atoms with van der Waals surface area (Å²) < 4.78 is 0. The summed E-state index contributed by atoms with van der Waals surface area (Å²) in [5.41, 5.74) is 3.30. The molecule has 0 radical (unpaired) electrons. The molecule has 2 aromatic carbocycles. The molecule has 1 saturated heterocycles. The minimum Gasteiger partial charge on any atom is -0.480 e. The maximum atomic E-state index is 11.4. The number of aliphatic carboxylic acids is 1. The molecule has 0 bridgehead atoms. The van der Waals surface area contributed by atoms with Gasteiger partial charge < -0.3 is 10.2 Å². The van der Waals surface area contributed by atoms with Crippen LogP contribution in [0.1, 0.15) is 24.3 Å². The molecule has 0 saturated carbocycles. The Labute approximate surface area is 140 Å². The Bertz CT molecular complexity index is 727. The van der Waals surface area contributed by atoms with E-state index >= 15 is 0 Å². The van der Waals surface area contributed by atoms with Crippen molar-refractivity contribution in [1.29, 1.82) is 0 Å². The Hall–Kier alpha value is -2.82. The van der Waals surface area contributed by atoms with Crippen LogP contribution in [0.2, 0.25) is 0 Å². The fourth-order valence-electron chi connectivity index (χ4n) is 3.31. The highest BCUT2D eigenvalue weighted by atomic mass is 16.4. The van der Waals surface area contributed by atoms with Gasteiger partial charge in [-0.3, -0.25) is 4.90 Å². The molecular formula is C19H19NO4. The summed E-state index contributed by atoms with van der Waals surface area (Å²) in [5.74, 6) is -1.02. The third-order valence-electron chi connectivity index (χ3n) is 4.62. The van der Waals surface area contributed by atoms with Crippen LogP contribution in [0.25, 0.3) is 11.1 Å². The van der Waals surface area contributed by atoms with E-state index in [0.29, 0.717) is 12.8 Å². The SMILES string of the molecule is O=C(O)[C@H]1C[C@@H](c2ccc(-c3ccccc3)cc2)CCN1C(=O)O. The third kappa shape index (κ3) is 3.25. The van der Waals surface area contributed by atoms with Crippen LogP contribution in [0.15, 0.2) is 54.6 Å². The molecule has 0 spiro atoms. The van der Waals surface area contributed by atoms with Crippen molar-refractivity contribution >= 4 is 12.1 Å². The average Bonchev–Trinajstić information content (AvgIpc) is 2.62. The van der Waals surface area contributed by atoms with E-state index in [4.69, 9.17) is 5.11 Å². The fraction of sp³-hybridized carbons (Fsp3) is 0.263. The maximum absolute atomic E-state index is 11.4. The summed E-state index contributed by atoms with van der Waals surface area (Å²) in [6, 6.07) is 17.2. The van der Waals surface area contributed by atoms with Gasteiger partial charge in [0, 0.05) is 6.54 Å². The molecule has 2 N–H and O–H groups in total. The van der Waals surface area contributed by atoms with Crippen molar-refractivity contribution in [2.45, 2.75) is 24.8 Å². The van der Waals surface area contributed by atoms with E-state index < -0.39 is 18.1 Å². The molecule has 24 heavy (non-hydrogen) atoms. The third-order valence-corrected chi connectivity index (χ3v) is 4.62.